The van der Waals surface area contributed by atoms with Gasteiger partial charge in [-0.1, -0.05) is 43.3 Å². The van der Waals surface area contributed by atoms with Crippen LogP contribution in [-0.2, 0) is 4.79 Å². The highest BCUT2D eigenvalue weighted by Crippen LogP contribution is 2.31. The number of thioether (sulfide) groups is 1. The number of anilines is 1. The Bertz CT molecular complexity index is 834. The van der Waals surface area contributed by atoms with Crippen molar-refractivity contribution < 1.29 is 9.53 Å². The van der Waals surface area contributed by atoms with Gasteiger partial charge in [0.2, 0.25) is 0 Å². The largest absolute Gasteiger partial charge is 0.484 e. The van der Waals surface area contributed by atoms with E-state index in [1.165, 1.54) is 12.8 Å². The molecule has 0 saturated heterocycles. The summed E-state index contributed by atoms with van der Waals surface area (Å²) < 4.78 is 7.63. The number of nitrogens with one attached hydrogen (secondary N) is 1. The van der Waals surface area contributed by atoms with Crippen LogP contribution in [0.2, 0.25) is 0 Å². The zero-order valence-corrected chi connectivity index (χ0v) is 15.7. The number of benzene rings is 2. The average Bonchev–Trinajstić information content (AvgIpc) is 3.03. The molecule has 3 rings (SSSR count). The van der Waals surface area contributed by atoms with E-state index in [1.54, 1.807) is 23.1 Å². The number of hydrogen-bond donors (Lipinski definition) is 1. The molecule has 1 aromatic heterocycles. The highest BCUT2D eigenvalue weighted by Gasteiger charge is 2.08. The first-order chi connectivity index (χ1) is 12.2. The molecule has 0 aliphatic rings. The topological polar surface area (TPSA) is 51.2 Å². The summed E-state index contributed by atoms with van der Waals surface area (Å²) in [5.74, 6) is 1.60. The fourth-order valence-electron chi connectivity index (χ4n) is 2.21. The fraction of sp³-hybridized carbons (Fsp3) is 0.263. The fourth-order valence-corrected chi connectivity index (χ4v) is 4.47. The van der Waals surface area contributed by atoms with Gasteiger partial charge in [-0.25, -0.2) is 4.98 Å². The van der Waals surface area contributed by atoms with E-state index >= 15 is 0 Å². The Kier molecular flexibility index (Phi) is 6.30. The molecular weight excluding hydrogens is 352 g/mol. The SMILES string of the molecule is CCCCSc1nc2ccc(NC(=O)COc3ccccc3)cc2s1. The molecule has 1 heterocycles. The summed E-state index contributed by atoms with van der Waals surface area (Å²) in [6.45, 7) is 2.18. The van der Waals surface area contributed by atoms with E-state index in [0.717, 1.165) is 26.0 Å². The Morgan fingerprint density at radius 2 is 2.08 bits per heavy atom. The summed E-state index contributed by atoms with van der Waals surface area (Å²) in [7, 11) is 0. The minimum Gasteiger partial charge on any atom is -0.484 e. The van der Waals surface area contributed by atoms with E-state index < -0.39 is 0 Å². The zero-order valence-electron chi connectivity index (χ0n) is 14.0. The van der Waals surface area contributed by atoms with Gasteiger partial charge in [-0.15, -0.1) is 11.3 Å². The number of carbonyl (C=O) groups excluding carboxylic acids is 1. The third-order valence-electron chi connectivity index (χ3n) is 3.49. The van der Waals surface area contributed by atoms with Crippen molar-refractivity contribution in [1.82, 2.24) is 4.98 Å². The van der Waals surface area contributed by atoms with Crippen molar-refractivity contribution in [2.45, 2.75) is 24.1 Å². The minimum atomic E-state index is -0.176. The first-order valence-corrected chi connectivity index (χ1v) is 10.1. The van der Waals surface area contributed by atoms with Crippen LogP contribution in [0.4, 0.5) is 5.69 Å². The van der Waals surface area contributed by atoms with Crippen LogP contribution in [0.25, 0.3) is 10.2 Å². The number of rotatable bonds is 8. The second-order valence-electron chi connectivity index (χ2n) is 5.51. The van der Waals surface area contributed by atoms with E-state index in [1.807, 2.05) is 48.5 Å². The molecule has 0 unspecified atom stereocenters. The van der Waals surface area contributed by atoms with Crippen molar-refractivity contribution in [3.63, 3.8) is 0 Å². The molecule has 25 heavy (non-hydrogen) atoms. The summed E-state index contributed by atoms with van der Waals surface area (Å²) in [5.41, 5.74) is 1.74. The molecular formula is C19H20N2O2S2. The van der Waals surface area contributed by atoms with Crippen molar-refractivity contribution >= 4 is 44.9 Å². The summed E-state index contributed by atoms with van der Waals surface area (Å²) >= 11 is 3.46. The lowest BCUT2D eigenvalue weighted by molar-refractivity contribution is -0.118. The Morgan fingerprint density at radius 3 is 2.88 bits per heavy atom. The van der Waals surface area contributed by atoms with Crippen molar-refractivity contribution in [3.8, 4) is 5.75 Å². The number of unbranched alkanes of at least 4 members (excludes halogenated alkanes) is 1. The second kappa shape index (κ2) is 8.87. The predicted octanol–water partition coefficient (Wildman–Crippen LogP) is 5.21. The molecule has 3 aromatic rings. The molecule has 130 valence electrons. The third kappa shape index (κ3) is 5.21. The third-order valence-corrected chi connectivity index (χ3v) is 5.74. The highest BCUT2D eigenvalue weighted by molar-refractivity contribution is 8.01. The van der Waals surface area contributed by atoms with E-state index in [9.17, 15) is 4.79 Å². The Hall–Kier alpha value is -2.05. The maximum Gasteiger partial charge on any atom is 0.262 e. The Morgan fingerprint density at radius 1 is 1.24 bits per heavy atom. The second-order valence-corrected chi connectivity index (χ2v) is 7.89. The standard InChI is InChI=1S/C19H20N2O2S2/c1-2-3-11-24-19-21-16-10-9-14(12-17(16)25-19)20-18(22)13-23-15-7-5-4-6-8-15/h4-10,12H,2-3,11,13H2,1H3,(H,20,22). The van der Waals surface area contributed by atoms with Crippen LogP contribution in [0.5, 0.6) is 5.75 Å². The predicted molar refractivity (Wildman–Crippen MR) is 106 cm³/mol. The number of nitrogens with zero attached hydrogens (tertiary/aromatic N) is 1. The van der Waals surface area contributed by atoms with Gasteiger partial charge in [0.25, 0.3) is 5.91 Å². The van der Waals surface area contributed by atoms with Gasteiger partial charge in [0.1, 0.15) is 5.75 Å². The van der Waals surface area contributed by atoms with Crippen molar-refractivity contribution in [2.75, 3.05) is 17.7 Å². The lowest BCUT2D eigenvalue weighted by atomic mass is 10.3. The molecule has 1 N–H and O–H groups in total. The normalized spacial score (nSPS) is 10.8. The van der Waals surface area contributed by atoms with Crippen LogP contribution < -0.4 is 10.1 Å². The molecule has 0 spiro atoms. The van der Waals surface area contributed by atoms with Gasteiger partial charge < -0.3 is 10.1 Å². The molecule has 0 bridgehead atoms. The number of amides is 1. The summed E-state index contributed by atoms with van der Waals surface area (Å²) in [5, 5.41) is 2.87. The quantitative estimate of drug-likeness (QED) is 0.436. The first kappa shape index (κ1) is 17.8. The van der Waals surface area contributed by atoms with Gasteiger partial charge in [-0.05, 0) is 36.8 Å². The molecule has 0 radical (unpaired) electrons. The van der Waals surface area contributed by atoms with Crippen molar-refractivity contribution in [2.24, 2.45) is 0 Å². The molecule has 6 heteroatoms. The molecule has 4 nitrogen and oxygen atoms in total. The molecule has 2 aromatic carbocycles. The molecule has 0 saturated carbocycles. The van der Waals surface area contributed by atoms with Gasteiger partial charge in [0, 0.05) is 11.4 Å². The van der Waals surface area contributed by atoms with E-state index in [-0.39, 0.29) is 12.5 Å². The van der Waals surface area contributed by atoms with Crippen LogP contribution in [-0.4, -0.2) is 23.3 Å². The van der Waals surface area contributed by atoms with Gasteiger partial charge in [0.05, 0.1) is 10.2 Å². The van der Waals surface area contributed by atoms with E-state index in [0.29, 0.717) is 5.75 Å². The minimum absolute atomic E-state index is 0.0111. The zero-order chi connectivity index (χ0) is 17.5. The maximum absolute atomic E-state index is 12.0. The van der Waals surface area contributed by atoms with Crippen LogP contribution in [0.1, 0.15) is 19.8 Å². The lowest BCUT2D eigenvalue weighted by Gasteiger charge is -2.07. The van der Waals surface area contributed by atoms with Crippen LogP contribution in [0, 0.1) is 0 Å². The number of fused-ring (bicyclic) bond motifs is 1. The number of para-hydroxylation sites is 1. The number of hydrogen-bond acceptors (Lipinski definition) is 5. The van der Waals surface area contributed by atoms with E-state index in [2.05, 4.69) is 17.2 Å². The van der Waals surface area contributed by atoms with Crippen LogP contribution >= 0.6 is 23.1 Å². The Balaban J connectivity index is 1.58. The van der Waals surface area contributed by atoms with E-state index in [4.69, 9.17) is 4.74 Å². The average molecular weight is 373 g/mol. The molecule has 0 fully saturated rings. The van der Waals surface area contributed by atoms with Crippen LogP contribution in [0.3, 0.4) is 0 Å². The lowest BCUT2D eigenvalue weighted by Crippen LogP contribution is -2.20. The molecule has 1 amide bonds. The van der Waals surface area contributed by atoms with Gasteiger partial charge in [0.15, 0.2) is 10.9 Å². The number of carbonyl (C=O) groups is 1. The number of aromatic nitrogens is 1. The smallest absolute Gasteiger partial charge is 0.262 e. The first-order valence-electron chi connectivity index (χ1n) is 8.25. The summed E-state index contributed by atoms with van der Waals surface area (Å²) in [6.07, 6.45) is 2.39. The molecule has 0 aliphatic carbocycles. The summed E-state index contributed by atoms with van der Waals surface area (Å²) in [6, 6.07) is 15.1. The highest BCUT2D eigenvalue weighted by atomic mass is 32.2. The van der Waals surface area contributed by atoms with Crippen LogP contribution in [0.15, 0.2) is 52.9 Å². The number of thiazole rings is 1. The maximum atomic E-state index is 12.0. The monoisotopic (exact) mass is 372 g/mol. The van der Waals surface area contributed by atoms with Crippen molar-refractivity contribution in [1.29, 1.82) is 0 Å². The molecule has 0 aliphatic heterocycles. The van der Waals surface area contributed by atoms with Gasteiger partial charge >= 0.3 is 0 Å². The number of ether oxygens (including phenoxy) is 1. The van der Waals surface area contributed by atoms with Gasteiger partial charge in [-0.3, -0.25) is 4.79 Å². The summed E-state index contributed by atoms with van der Waals surface area (Å²) in [4.78, 5) is 16.7. The van der Waals surface area contributed by atoms with Crippen molar-refractivity contribution in [3.05, 3.63) is 48.5 Å². The molecule has 0 atom stereocenters. The van der Waals surface area contributed by atoms with Gasteiger partial charge in [-0.2, -0.15) is 0 Å². The Labute approximate surface area is 155 Å².